The summed E-state index contributed by atoms with van der Waals surface area (Å²) in [6.07, 6.45) is -0.0634. The number of aliphatic carboxylic acids is 1. The highest BCUT2D eigenvalue weighted by molar-refractivity contribution is 9.10. The van der Waals surface area contributed by atoms with Gasteiger partial charge < -0.3 is 5.11 Å². The summed E-state index contributed by atoms with van der Waals surface area (Å²) in [5.41, 5.74) is 1.43. The maximum Gasteiger partial charge on any atom is 0.307 e. The van der Waals surface area contributed by atoms with Crippen LogP contribution in [0.1, 0.15) is 22.9 Å². The monoisotopic (exact) mass is 348 g/mol. The zero-order chi connectivity index (χ0) is 12.3. The van der Waals surface area contributed by atoms with Gasteiger partial charge in [0.1, 0.15) is 5.78 Å². The predicted molar refractivity (Wildman–Crippen MR) is 67.8 cm³/mol. The van der Waals surface area contributed by atoms with Crippen LogP contribution in [-0.4, -0.2) is 16.9 Å². The van der Waals surface area contributed by atoms with Crippen molar-refractivity contribution in [2.45, 2.75) is 18.2 Å². The highest BCUT2D eigenvalue weighted by atomic mass is 79.9. The quantitative estimate of drug-likeness (QED) is 0.850. The second-order valence-electron chi connectivity index (χ2n) is 3.39. The molecule has 1 atom stereocenters. The Hall–Kier alpha value is -0.680. The van der Waals surface area contributed by atoms with Crippen LogP contribution in [0.5, 0.6) is 0 Å². The van der Waals surface area contributed by atoms with E-state index in [0.717, 1.165) is 10.0 Å². The maximum absolute atomic E-state index is 11.2. The van der Waals surface area contributed by atoms with Gasteiger partial charge in [-0.3, -0.25) is 9.59 Å². The number of Topliss-reactive ketones (excluding diaryl/α,β-unsaturated/α-hetero) is 1. The first-order valence-corrected chi connectivity index (χ1v) is 6.27. The molecule has 0 fully saturated rings. The van der Waals surface area contributed by atoms with Crippen LogP contribution in [0.2, 0.25) is 0 Å². The lowest BCUT2D eigenvalue weighted by Gasteiger charge is -2.09. The van der Waals surface area contributed by atoms with E-state index in [1.54, 1.807) is 18.2 Å². The molecule has 5 heteroatoms. The van der Waals surface area contributed by atoms with E-state index in [1.165, 1.54) is 6.92 Å². The minimum absolute atomic E-state index is 0.0106. The molecule has 1 aromatic carbocycles. The second-order valence-corrected chi connectivity index (χ2v) is 5.16. The number of carbonyl (C=O) groups excluding carboxylic acids is 1. The Kier molecular flexibility index (Phi) is 4.68. The third kappa shape index (κ3) is 3.42. The van der Waals surface area contributed by atoms with Crippen molar-refractivity contribution in [1.82, 2.24) is 0 Å². The number of carboxylic acid groups (broad SMARTS) is 1. The number of benzene rings is 1. The summed E-state index contributed by atoms with van der Waals surface area (Å²) in [5, 5.41) is 8.73. The van der Waals surface area contributed by atoms with Crippen molar-refractivity contribution in [3.63, 3.8) is 0 Å². The van der Waals surface area contributed by atoms with Crippen LogP contribution in [0.25, 0.3) is 0 Å². The lowest BCUT2D eigenvalue weighted by Crippen LogP contribution is -2.05. The zero-order valence-electron chi connectivity index (χ0n) is 8.54. The Morgan fingerprint density at radius 3 is 2.56 bits per heavy atom. The molecule has 0 spiro atoms. The predicted octanol–water partition coefficient (Wildman–Crippen LogP) is 3.10. The summed E-state index contributed by atoms with van der Waals surface area (Å²) in [5.74, 6) is -0.907. The van der Waals surface area contributed by atoms with Gasteiger partial charge in [-0.15, -0.1) is 0 Å². The minimum Gasteiger partial charge on any atom is -0.481 e. The van der Waals surface area contributed by atoms with Crippen molar-refractivity contribution in [2.75, 3.05) is 0 Å². The van der Waals surface area contributed by atoms with Gasteiger partial charge in [-0.25, -0.2) is 0 Å². The van der Waals surface area contributed by atoms with Crippen LogP contribution in [-0.2, 0) is 16.0 Å². The van der Waals surface area contributed by atoms with Gasteiger partial charge in [0.05, 0.1) is 11.2 Å². The number of carbonyl (C=O) groups is 2. The van der Waals surface area contributed by atoms with Crippen LogP contribution in [0, 0.1) is 0 Å². The van der Waals surface area contributed by atoms with Crippen molar-refractivity contribution in [2.24, 2.45) is 0 Å². The average molecular weight is 350 g/mol. The molecule has 0 aliphatic carbocycles. The Bertz CT molecular complexity index is 429. The van der Waals surface area contributed by atoms with Crippen molar-refractivity contribution < 1.29 is 14.7 Å². The van der Waals surface area contributed by atoms with E-state index in [0.29, 0.717) is 5.56 Å². The van der Waals surface area contributed by atoms with Gasteiger partial charge in [-0.1, -0.05) is 44.0 Å². The van der Waals surface area contributed by atoms with Crippen molar-refractivity contribution in [1.29, 1.82) is 0 Å². The van der Waals surface area contributed by atoms with Gasteiger partial charge in [0.25, 0.3) is 0 Å². The Balaban J connectivity index is 3.06. The van der Waals surface area contributed by atoms with E-state index in [2.05, 4.69) is 31.9 Å². The molecule has 0 bridgehead atoms. The molecule has 0 heterocycles. The molecule has 1 N–H and O–H groups in total. The summed E-state index contributed by atoms with van der Waals surface area (Å²) in [4.78, 5) is 21.4. The fourth-order valence-electron chi connectivity index (χ4n) is 1.29. The molecule has 1 rings (SSSR count). The van der Waals surface area contributed by atoms with Crippen LogP contribution in [0.15, 0.2) is 22.7 Å². The van der Waals surface area contributed by atoms with Gasteiger partial charge in [0.15, 0.2) is 0 Å². The summed E-state index contributed by atoms with van der Waals surface area (Å²) >= 11 is 6.54. The number of halogens is 2. The standard InChI is InChI=1S/C11H10Br2O3/c1-6(14)11(13)7-2-3-9(12)8(4-7)5-10(15)16/h2-4,11H,5H2,1H3,(H,15,16). The first-order chi connectivity index (χ1) is 7.41. The number of alkyl halides is 1. The van der Waals surface area contributed by atoms with E-state index >= 15 is 0 Å². The largest absolute Gasteiger partial charge is 0.481 e. The van der Waals surface area contributed by atoms with Crippen molar-refractivity contribution >= 4 is 43.6 Å². The first kappa shape index (κ1) is 13.4. The van der Waals surface area contributed by atoms with Crippen LogP contribution in [0.4, 0.5) is 0 Å². The molecule has 3 nitrogen and oxygen atoms in total. The van der Waals surface area contributed by atoms with Crippen LogP contribution in [0.3, 0.4) is 0 Å². The van der Waals surface area contributed by atoms with Crippen LogP contribution < -0.4 is 0 Å². The molecule has 0 aliphatic rings. The summed E-state index contributed by atoms with van der Waals surface area (Å²) in [7, 11) is 0. The smallest absolute Gasteiger partial charge is 0.307 e. The second kappa shape index (κ2) is 5.59. The molecular weight excluding hydrogens is 340 g/mol. The molecule has 1 unspecified atom stereocenters. The minimum atomic E-state index is -0.896. The third-order valence-electron chi connectivity index (χ3n) is 2.06. The van der Waals surface area contributed by atoms with Crippen molar-refractivity contribution in [3.05, 3.63) is 33.8 Å². The average Bonchev–Trinajstić information content (AvgIpc) is 2.19. The Labute approximate surface area is 110 Å². The van der Waals surface area contributed by atoms with Crippen LogP contribution >= 0.6 is 31.9 Å². The molecule has 1 aromatic rings. The third-order valence-corrected chi connectivity index (χ3v) is 4.01. The van der Waals surface area contributed by atoms with Gasteiger partial charge >= 0.3 is 5.97 Å². The van der Waals surface area contributed by atoms with E-state index in [1.807, 2.05) is 0 Å². The van der Waals surface area contributed by atoms with Gasteiger partial charge in [-0.2, -0.15) is 0 Å². The van der Waals surface area contributed by atoms with Gasteiger partial charge in [0.2, 0.25) is 0 Å². The summed E-state index contributed by atoms with van der Waals surface area (Å²) in [6.45, 7) is 1.48. The Morgan fingerprint density at radius 2 is 2.06 bits per heavy atom. The number of hydrogen-bond acceptors (Lipinski definition) is 2. The molecule has 0 aliphatic heterocycles. The summed E-state index contributed by atoms with van der Waals surface area (Å²) < 4.78 is 0.738. The highest BCUT2D eigenvalue weighted by Gasteiger charge is 2.14. The normalized spacial score (nSPS) is 12.2. The molecular formula is C11H10Br2O3. The lowest BCUT2D eigenvalue weighted by atomic mass is 10.0. The Morgan fingerprint density at radius 1 is 1.44 bits per heavy atom. The van der Waals surface area contributed by atoms with E-state index in [-0.39, 0.29) is 17.0 Å². The van der Waals surface area contributed by atoms with E-state index < -0.39 is 5.97 Å². The molecule has 0 amide bonds. The SMILES string of the molecule is CC(=O)C(Br)c1ccc(Br)c(CC(=O)O)c1. The van der Waals surface area contributed by atoms with E-state index in [9.17, 15) is 9.59 Å². The van der Waals surface area contributed by atoms with Crippen molar-refractivity contribution in [3.8, 4) is 0 Å². The molecule has 0 saturated carbocycles. The maximum atomic E-state index is 11.2. The number of carboxylic acids is 1. The number of rotatable bonds is 4. The molecule has 0 aromatic heterocycles. The molecule has 0 saturated heterocycles. The van der Waals surface area contributed by atoms with E-state index in [4.69, 9.17) is 5.11 Å². The molecule has 0 radical (unpaired) electrons. The number of hydrogen-bond donors (Lipinski definition) is 1. The fourth-order valence-corrected chi connectivity index (χ4v) is 1.96. The van der Waals surface area contributed by atoms with Gasteiger partial charge in [0, 0.05) is 4.47 Å². The molecule has 16 heavy (non-hydrogen) atoms. The lowest BCUT2D eigenvalue weighted by molar-refractivity contribution is -0.136. The first-order valence-electron chi connectivity index (χ1n) is 4.56. The fraction of sp³-hybridized carbons (Fsp3) is 0.273. The zero-order valence-corrected chi connectivity index (χ0v) is 11.7. The van der Waals surface area contributed by atoms with Gasteiger partial charge in [-0.05, 0) is 24.1 Å². The summed E-state index contributed by atoms with van der Waals surface area (Å²) in [6, 6.07) is 5.26. The topological polar surface area (TPSA) is 54.4 Å². The number of ketones is 1. The highest BCUT2D eigenvalue weighted by Crippen LogP contribution is 2.28. The molecule has 86 valence electrons.